The molecule has 1 amide bonds. The van der Waals surface area contributed by atoms with E-state index in [2.05, 4.69) is 23.5 Å². The normalized spacial score (nSPS) is 11.8. The Kier molecular flexibility index (Phi) is 4.69. The molecule has 0 aliphatic rings. The number of halogens is 1. The summed E-state index contributed by atoms with van der Waals surface area (Å²) in [5, 5.41) is 5.61. The number of nitrogens with one attached hydrogen (secondary N) is 1. The van der Waals surface area contributed by atoms with Crippen LogP contribution in [0.3, 0.4) is 0 Å². The lowest BCUT2D eigenvalue weighted by Gasteiger charge is -2.06. The zero-order chi connectivity index (χ0) is 17.3. The third kappa shape index (κ3) is 3.21. The van der Waals surface area contributed by atoms with E-state index in [1.54, 1.807) is 0 Å². The summed E-state index contributed by atoms with van der Waals surface area (Å²) in [4.78, 5) is 12.9. The Hall–Kier alpha value is -2.17. The molecule has 5 heteroatoms. The lowest BCUT2D eigenvalue weighted by atomic mass is 10.0. The minimum absolute atomic E-state index is 0.287. The van der Waals surface area contributed by atoms with Gasteiger partial charge in [-0.15, -0.1) is 11.3 Å². The number of hydrogen-bond acceptors (Lipinski definition) is 3. The molecule has 0 unspecified atom stereocenters. The van der Waals surface area contributed by atoms with Crippen LogP contribution in [0.1, 0.15) is 33.3 Å². The highest BCUT2D eigenvalue weighted by atomic mass is 35.5. The van der Waals surface area contributed by atoms with Gasteiger partial charge in [-0.2, -0.15) is 5.10 Å². The Morgan fingerprint density at radius 2 is 1.92 bits per heavy atom. The van der Waals surface area contributed by atoms with E-state index < -0.39 is 0 Å². The average molecular weight is 357 g/mol. The molecule has 122 valence electrons. The van der Waals surface area contributed by atoms with Crippen LogP contribution in [0.4, 0.5) is 0 Å². The third-order valence-electron chi connectivity index (χ3n) is 3.84. The Morgan fingerprint density at radius 1 is 1.17 bits per heavy atom. The molecule has 0 radical (unpaired) electrons. The van der Waals surface area contributed by atoms with Gasteiger partial charge in [0.05, 0.1) is 10.7 Å². The fourth-order valence-electron chi connectivity index (χ4n) is 2.63. The van der Waals surface area contributed by atoms with Crippen molar-refractivity contribution >= 4 is 44.6 Å². The van der Waals surface area contributed by atoms with Crippen molar-refractivity contribution in [3.63, 3.8) is 0 Å². The number of aryl methyl sites for hydroxylation is 2. The van der Waals surface area contributed by atoms with Gasteiger partial charge in [-0.1, -0.05) is 53.6 Å². The van der Waals surface area contributed by atoms with Gasteiger partial charge in [0, 0.05) is 15.6 Å². The molecule has 1 heterocycles. The molecule has 3 nitrogen and oxygen atoms in total. The smallest absolute Gasteiger partial charge is 0.266 e. The van der Waals surface area contributed by atoms with Crippen LogP contribution in [0.25, 0.3) is 10.1 Å². The number of rotatable bonds is 3. The first-order valence-corrected chi connectivity index (χ1v) is 8.76. The maximum Gasteiger partial charge on any atom is 0.283 e. The second-order valence-corrected chi connectivity index (χ2v) is 7.13. The van der Waals surface area contributed by atoms with E-state index in [4.69, 9.17) is 11.6 Å². The summed E-state index contributed by atoms with van der Waals surface area (Å²) in [5.74, 6) is -0.287. The minimum atomic E-state index is -0.287. The molecule has 0 atom stereocenters. The summed E-state index contributed by atoms with van der Waals surface area (Å²) in [6.45, 7) is 5.96. The molecule has 0 bridgehead atoms. The van der Waals surface area contributed by atoms with Crippen LogP contribution in [0.15, 0.2) is 47.6 Å². The molecule has 0 spiro atoms. The van der Waals surface area contributed by atoms with Crippen molar-refractivity contribution in [3.8, 4) is 0 Å². The topological polar surface area (TPSA) is 41.5 Å². The Balaban J connectivity index is 1.84. The monoisotopic (exact) mass is 356 g/mol. The van der Waals surface area contributed by atoms with E-state index in [0.29, 0.717) is 9.90 Å². The average Bonchev–Trinajstić information content (AvgIpc) is 2.90. The van der Waals surface area contributed by atoms with Crippen LogP contribution in [-0.2, 0) is 0 Å². The van der Waals surface area contributed by atoms with Gasteiger partial charge < -0.3 is 0 Å². The molecule has 1 N–H and O–H groups in total. The fraction of sp³-hybridized carbons (Fsp3) is 0.158. The van der Waals surface area contributed by atoms with Crippen LogP contribution in [-0.4, -0.2) is 11.6 Å². The Bertz CT molecular complexity index is 959. The van der Waals surface area contributed by atoms with E-state index >= 15 is 0 Å². The maximum absolute atomic E-state index is 12.4. The highest BCUT2D eigenvalue weighted by Gasteiger charge is 2.16. The molecule has 1 aromatic heterocycles. The first-order chi connectivity index (χ1) is 11.5. The Labute approximate surface area is 150 Å². The number of amides is 1. The van der Waals surface area contributed by atoms with Gasteiger partial charge in [-0.3, -0.25) is 4.79 Å². The lowest BCUT2D eigenvalue weighted by Crippen LogP contribution is -2.18. The highest BCUT2D eigenvalue weighted by Crippen LogP contribution is 2.34. The van der Waals surface area contributed by atoms with Crippen molar-refractivity contribution < 1.29 is 4.79 Å². The molecule has 3 rings (SSSR count). The summed E-state index contributed by atoms with van der Waals surface area (Å²) < 4.78 is 0.989. The van der Waals surface area contributed by atoms with Gasteiger partial charge in [0.25, 0.3) is 5.91 Å². The van der Waals surface area contributed by atoms with E-state index in [-0.39, 0.29) is 5.91 Å². The Morgan fingerprint density at radius 3 is 2.62 bits per heavy atom. The van der Waals surface area contributed by atoms with Crippen molar-refractivity contribution in [1.29, 1.82) is 0 Å². The lowest BCUT2D eigenvalue weighted by molar-refractivity contribution is 0.0959. The third-order valence-corrected chi connectivity index (χ3v) is 5.51. The van der Waals surface area contributed by atoms with Crippen LogP contribution in [0, 0.1) is 13.8 Å². The second-order valence-electron chi connectivity index (χ2n) is 5.70. The molecule has 2 aromatic carbocycles. The van der Waals surface area contributed by atoms with E-state index in [9.17, 15) is 4.79 Å². The molecule has 0 saturated heterocycles. The number of carbonyl (C=O) groups is 1. The highest BCUT2D eigenvalue weighted by molar-refractivity contribution is 7.21. The quantitative estimate of drug-likeness (QED) is 0.500. The van der Waals surface area contributed by atoms with Crippen LogP contribution in [0.5, 0.6) is 0 Å². The number of hydrogen-bond donors (Lipinski definition) is 1. The summed E-state index contributed by atoms with van der Waals surface area (Å²) in [7, 11) is 0. The summed E-state index contributed by atoms with van der Waals surface area (Å²) in [6.07, 6.45) is 0. The standard InChI is InChI=1S/C19H17ClN2OS/c1-11-8-9-14(12(2)10-11)13(3)21-22-19(23)18-17(20)15-6-4-5-7-16(15)24-18/h4-10H,1-3H3,(H,22,23). The molecule has 3 aromatic rings. The number of benzene rings is 2. The molecular weight excluding hydrogens is 340 g/mol. The maximum atomic E-state index is 12.4. The first-order valence-electron chi connectivity index (χ1n) is 7.56. The van der Waals surface area contributed by atoms with Crippen LogP contribution >= 0.6 is 22.9 Å². The molecule has 0 fully saturated rings. The summed E-state index contributed by atoms with van der Waals surface area (Å²) in [5.41, 5.74) is 6.72. The van der Waals surface area contributed by atoms with Gasteiger partial charge in [-0.05, 0) is 32.4 Å². The minimum Gasteiger partial charge on any atom is -0.266 e. The second kappa shape index (κ2) is 6.75. The molecule has 0 saturated carbocycles. The van der Waals surface area contributed by atoms with Crippen molar-refractivity contribution in [2.75, 3.05) is 0 Å². The van der Waals surface area contributed by atoms with Gasteiger partial charge in [0.2, 0.25) is 0 Å². The summed E-state index contributed by atoms with van der Waals surface area (Å²) in [6, 6.07) is 13.8. The first kappa shape index (κ1) is 16.7. The molecular formula is C19H17ClN2OS. The van der Waals surface area contributed by atoms with E-state index in [1.165, 1.54) is 16.9 Å². The number of nitrogens with zero attached hydrogens (tertiary/aromatic N) is 1. The van der Waals surface area contributed by atoms with Gasteiger partial charge >= 0.3 is 0 Å². The summed E-state index contributed by atoms with van der Waals surface area (Å²) >= 11 is 7.70. The van der Waals surface area contributed by atoms with Crippen molar-refractivity contribution in [1.82, 2.24) is 5.43 Å². The van der Waals surface area contributed by atoms with Crippen molar-refractivity contribution in [3.05, 3.63) is 69.1 Å². The number of fused-ring (bicyclic) bond motifs is 1. The fourth-order valence-corrected chi connectivity index (χ4v) is 4.03. The SMILES string of the molecule is CC(=NNC(=O)c1sc2ccccc2c1Cl)c1ccc(C)cc1C. The van der Waals surface area contributed by atoms with E-state index in [1.807, 2.05) is 50.2 Å². The molecule has 0 aliphatic carbocycles. The number of carbonyl (C=O) groups excluding carboxylic acids is 1. The predicted molar refractivity (Wildman–Crippen MR) is 102 cm³/mol. The van der Waals surface area contributed by atoms with E-state index in [0.717, 1.165) is 26.9 Å². The van der Waals surface area contributed by atoms with Crippen molar-refractivity contribution in [2.24, 2.45) is 5.10 Å². The largest absolute Gasteiger partial charge is 0.283 e. The zero-order valence-corrected chi connectivity index (χ0v) is 15.3. The predicted octanol–water partition coefficient (Wildman–Crippen LogP) is 5.33. The zero-order valence-electron chi connectivity index (χ0n) is 13.7. The van der Waals surface area contributed by atoms with Crippen LogP contribution < -0.4 is 5.43 Å². The number of hydrazone groups is 1. The molecule has 24 heavy (non-hydrogen) atoms. The number of thiophene rings is 1. The van der Waals surface area contributed by atoms with Crippen molar-refractivity contribution in [2.45, 2.75) is 20.8 Å². The van der Waals surface area contributed by atoms with Gasteiger partial charge in [0.1, 0.15) is 4.88 Å². The van der Waals surface area contributed by atoms with Gasteiger partial charge in [0.15, 0.2) is 0 Å². The van der Waals surface area contributed by atoms with Gasteiger partial charge in [-0.25, -0.2) is 5.43 Å². The molecule has 0 aliphatic heterocycles. The van der Waals surface area contributed by atoms with Crippen LogP contribution in [0.2, 0.25) is 5.02 Å².